The predicted molar refractivity (Wildman–Crippen MR) is 97.3 cm³/mol. The molecule has 3 atom stereocenters. The number of hydrogen-bond donors (Lipinski definition) is 3. The minimum absolute atomic E-state index is 0.0533. The summed E-state index contributed by atoms with van der Waals surface area (Å²) in [6.07, 6.45) is -2.10. The van der Waals surface area contributed by atoms with Gasteiger partial charge in [-0.05, 0) is 30.5 Å². The maximum absolute atomic E-state index is 12.7. The van der Waals surface area contributed by atoms with E-state index < -0.39 is 35.2 Å². The van der Waals surface area contributed by atoms with Crippen molar-refractivity contribution in [3.63, 3.8) is 0 Å². The van der Waals surface area contributed by atoms with Crippen LogP contribution in [0, 0.1) is 5.92 Å². The number of amides is 1. The van der Waals surface area contributed by atoms with E-state index in [1.165, 1.54) is 17.0 Å². The minimum atomic E-state index is -4.43. The molecule has 0 bridgehead atoms. The van der Waals surface area contributed by atoms with Gasteiger partial charge in [-0.25, -0.2) is 0 Å². The fourth-order valence-corrected chi connectivity index (χ4v) is 3.55. The first-order valence-electron chi connectivity index (χ1n) is 9.21. The number of alkyl halides is 3. The molecule has 1 aliphatic heterocycles. The molecule has 9 heteroatoms. The van der Waals surface area contributed by atoms with Crippen molar-refractivity contribution in [1.82, 2.24) is 4.90 Å². The highest BCUT2D eigenvalue weighted by Gasteiger charge is 2.50. The summed E-state index contributed by atoms with van der Waals surface area (Å²) in [4.78, 5) is 25.7. The monoisotopic (exact) mass is 401 g/mol. The fourth-order valence-electron chi connectivity index (χ4n) is 3.55. The topological polar surface area (TPSA) is 110 Å². The molecular formula is C19H26F3N3O3. The first-order chi connectivity index (χ1) is 13.0. The number of aliphatic carboxylic acids is 1. The molecule has 156 valence electrons. The van der Waals surface area contributed by atoms with Crippen LogP contribution in [0.2, 0.25) is 0 Å². The number of halogens is 3. The second kappa shape index (κ2) is 8.48. The number of likely N-dealkylation sites (tertiary alicyclic amines) is 1. The quantitative estimate of drug-likeness (QED) is 0.647. The molecule has 1 heterocycles. The number of nitrogens with zero attached hydrogens (tertiary/aromatic N) is 1. The second-order valence-electron chi connectivity index (χ2n) is 7.41. The zero-order valence-electron chi connectivity index (χ0n) is 15.7. The van der Waals surface area contributed by atoms with E-state index in [2.05, 4.69) is 0 Å². The number of carboxylic acids is 1. The van der Waals surface area contributed by atoms with E-state index in [1.54, 1.807) is 0 Å². The van der Waals surface area contributed by atoms with Gasteiger partial charge in [-0.2, -0.15) is 13.2 Å². The van der Waals surface area contributed by atoms with Gasteiger partial charge < -0.3 is 21.5 Å². The fraction of sp³-hybridized carbons (Fsp3) is 0.579. The number of unbranched alkanes of at least 4 members (excludes halogenated alkanes) is 1. The van der Waals surface area contributed by atoms with Crippen LogP contribution in [-0.4, -0.2) is 46.6 Å². The van der Waals surface area contributed by atoms with Gasteiger partial charge in [0.15, 0.2) is 0 Å². The van der Waals surface area contributed by atoms with Crippen LogP contribution in [0.3, 0.4) is 0 Å². The number of carbonyl (C=O) groups is 2. The van der Waals surface area contributed by atoms with Crippen LogP contribution in [0.4, 0.5) is 13.2 Å². The zero-order chi connectivity index (χ0) is 21.1. The van der Waals surface area contributed by atoms with E-state index >= 15 is 0 Å². The Kier molecular flexibility index (Phi) is 6.71. The van der Waals surface area contributed by atoms with Crippen LogP contribution < -0.4 is 11.5 Å². The van der Waals surface area contributed by atoms with Gasteiger partial charge in [0, 0.05) is 19.0 Å². The van der Waals surface area contributed by atoms with Crippen LogP contribution in [0.1, 0.15) is 37.3 Å². The summed E-state index contributed by atoms with van der Waals surface area (Å²) in [5.41, 5.74) is 10.3. The smallest absolute Gasteiger partial charge is 0.416 e. The maximum Gasteiger partial charge on any atom is 0.416 e. The molecule has 1 aromatic rings. The van der Waals surface area contributed by atoms with E-state index in [0.29, 0.717) is 12.0 Å². The van der Waals surface area contributed by atoms with Crippen molar-refractivity contribution < 1.29 is 27.9 Å². The van der Waals surface area contributed by atoms with Crippen molar-refractivity contribution >= 4 is 11.9 Å². The van der Waals surface area contributed by atoms with Gasteiger partial charge in [0.25, 0.3) is 0 Å². The lowest BCUT2D eigenvalue weighted by Gasteiger charge is -2.25. The van der Waals surface area contributed by atoms with Gasteiger partial charge in [0.1, 0.15) is 5.54 Å². The number of rotatable bonds is 7. The number of nitrogens with two attached hydrogens (primary N) is 2. The van der Waals surface area contributed by atoms with E-state index in [4.69, 9.17) is 11.5 Å². The number of benzene rings is 1. The molecule has 0 spiro atoms. The van der Waals surface area contributed by atoms with Crippen LogP contribution in [0.15, 0.2) is 24.3 Å². The molecule has 5 N–H and O–H groups in total. The Morgan fingerprint density at radius 1 is 1.32 bits per heavy atom. The first kappa shape index (κ1) is 22.2. The number of hydrogen-bond acceptors (Lipinski definition) is 4. The van der Waals surface area contributed by atoms with Crippen LogP contribution in [0.5, 0.6) is 0 Å². The Labute approximate surface area is 161 Å². The Balaban J connectivity index is 2.05. The van der Waals surface area contributed by atoms with Crippen molar-refractivity contribution in [2.75, 3.05) is 13.1 Å². The van der Waals surface area contributed by atoms with Crippen molar-refractivity contribution in [2.24, 2.45) is 17.4 Å². The van der Waals surface area contributed by atoms with E-state index in [-0.39, 0.29) is 25.4 Å². The molecule has 6 nitrogen and oxygen atoms in total. The Morgan fingerprint density at radius 3 is 2.43 bits per heavy atom. The van der Waals surface area contributed by atoms with E-state index in [9.17, 15) is 27.9 Å². The Bertz CT molecular complexity index is 709. The van der Waals surface area contributed by atoms with Gasteiger partial charge >= 0.3 is 12.1 Å². The summed E-state index contributed by atoms with van der Waals surface area (Å²) < 4.78 is 37.9. The Morgan fingerprint density at radius 2 is 1.93 bits per heavy atom. The molecule has 3 unspecified atom stereocenters. The standard InChI is InChI=1S/C19H26F3N3O3/c1-2-3-4-14-10-25(11-18(14,24)17(27)28)16(26)15(23)9-12-5-7-13(8-6-12)19(20,21)22/h5-8,14-15H,2-4,9-11,23-24H2,1H3,(H,27,28). The first-order valence-corrected chi connectivity index (χ1v) is 9.21. The second-order valence-corrected chi connectivity index (χ2v) is 7.41. The minimum Gasteiger partial charge on any atom is -0.480 e. The van der Waals surface area contributed by atoms with Crippen molar-refractivity contribution in [2.45, 2.75) is 50.4 Å². The lowest BCUT2D eigenvalue weighted by Crippen LogP contribution is -2.55. The van der Waals surface area contributed by atoms with Crippen molar-refractivity contribution in [3.8, 4) is 0 Å². The third-order valence-electron chi connectivity index (χ3n) is 5.29. The van der Waals surface area contributed by atoms with Crippen LogP contribution in [0.25, 0.3) is 0 Å². The summed E-state index contributed by atoms with van der Waals surface area (Å²) in [6.45, 7) is 2.06. The average molecular weight is 401 g/mol. The van der Waals surface area contributed by atoms with E-state index in [0.717, 1.165) is 25.0 Å². The number of carboxylic acid groups (broad SMARTS) is 1. The molecule has 1 fully saturated rings. The molecule has 1 aliphatic rings. The highest BCUT2D eigenvalue weighted by Crippen LogP contribution is 2.31. The number of carbonyl (C=O) groups excluding carboxylic acids is 1. The highest BCUT2D eigenvalue weighted by atomic mass is 19.4. The SMILES string of the molecule is CCCCC1CN(C(=O)C(N)Cc2ccc(C(F)(F)F)cc2)CC1(N)C(=O)O. The molecule has 0 radical (unpaired) electrons. The third kappa shape index (κ3) is 4.82. The highest BCUT2D eigenvalue weighted by molar-refractivity contribution is 5.86. The summed E-state index contributed by atoms with van der Waals surface area (Å²) in [5, 5.41) is 9.52. The molecule has 28 heavy (non-hydrogen) atoms. The van der Waals surface area contributed by atoms with Gasteiger partial charge in [0.2, 0.25) is 5.91 Å². The lowest BCUT2D eigenvalue weighted by molar-refractivity contribution is -0.144. The molecule has 1 amide bonds. The average Bonchev–Trinajstić information content (AvgIpc) is 2.97. The molecule has 1 aromatic carbocycles. The summed E-state index contributed by atoms with van der Waals surface area (Å²) in [7, 11) is 0. The molecule has 1 saturated heterocycles. The van der Waals surface area contributed by atoms with Gasteiger partial charge in [-0.3, -0.25) is 9.59 Å². The van der Waals surface area contributed by atoms with Gasteiger partial charge in [0.05, 0.1) is 11.6 Å². The third-order valence-corrected chi connectivity index (χ3v) is 5.29. The van der Waals surface area contributed by atoms with Gasteiger partial charge in [-0.1, -0.05) is 31.9 Å². The largest absolute Gasteiger partial charge is 0.480 e. The zero-order valence-corrected chi connectivity index (χ0v) is 15.7. The van der Waals surface area contributed by atoms with Crippen LogP contribution >= 0.6 is 0 Å². The lowest BCUT2D eigenvalue weighted by atomic mass is 9.84. The summed E-state index contributed by atoms with van der Waals surface area (Å²) >= 11 is 0. The molecule has 0 aliphatic carbocycles. The van der Waals surface area contributed by atoms with Gasteiger partial charge in [-0.15, -0.1) is 0 Å². The maximum atomic E-state index is 12.7. The molecule has 2 rings (SSSR count). The van der Waals surface area contributed by atoms with Crippen molar-refractivity contribution in [3.05, 3.63) is 35.4 Å². The van der Waals surface area contributed by atoms with Crippen molar-refractivity contribution in [1.29, 1.82) is 0 Å². The van der Waals surface area contributed by atoms with Crippen LogP contribution in [-0.2, 0) is 22.2 Å². The summed E-state index contributed by atoms with van der Waals surface area (Å²) in [5.74, 6) is -1.97. The van der Waals surface area contributed by atoms with E-state index in [1.807, 2.05) is 6.92 Å². The Hall–Kier alpha value is -2.13. The molecule has 0 aromatic heterocycles. The predicted octanol–water partition coefficient (Wildman–Crippen LogP) is 2.01. The normalized spacial score (nSPS) is 23.6. The summed E-state index contributed by atoms with van der Waals surface area (Å²) in [6, 6.07) is 3.47. The molecule has 0 saturated carbocycles. The molecular weight excluding hydrogens is 375 g/mol.